The lowest BCUT2D eigenvalue weighted by molar-refractivity contribution is -0.385. The highest BCUT2D eigenvalue weighted by Crippen LogP contribution is 2.60. The van der Waals surface area contributed by atoms with Crippen LogP contribution < -0.4 is 9.80 Å². The minimum absolute atomic E-state index is 0.0309. The van der Waals surface area contributed by atoms with Crippen molar-refractivity contribution in [2.75, 3.05) is 23.0 Å². The maximum absolute atomic E-state index is 15.0. The van der Waals surface area contributed by atoms with Gasteiger partial charge in [0.05, 0.1) is 42.0 Å². The molecule has 1 fully saturated rings. The van der Waals surface area contributed by atoms with Gasteiger partial charge in [0, 0.05) is 54.4 Å². The second-order valence-electron chi connectivity index (χ2n) is 15.0. The summed E-state index contributed by atoms with van der Waals surface area (Å²) in [6, 6.07) is 28.9. The molecule has 3 amide bonds. The number of hydrogen-bond donors (Lipinski definition) is 2. The van der Waals surface area contributed by atoms with Gasteiger partial charge in [-0.1, -0.05) is 67.6 Å². The average molecular weight is 749 g/mol. The van der Waals surface area contributed by atoms with Crippen molar-refractivity contribution in [3.63, 3.8) is 0 Å². The monoisotopic (exact) mass is 748 g/mol. The normalized spacial score (nSPS) is 22.1. The molecule has 1 saturated heterocycles. The Bertz CT molecular complexity index is 2110. The van der Waals surface area contributed by atoms with Crippen LogP contribution in [0.3, 0.4) is 0 Å². The molecule has 280 valence electrons. The molecule has 0 unspecified atom stereocenters. The molecule has 12 nitrogen and oxygen atoms in total. The molecule has 4 aromatic carbocycles. The molecule has 0 saturated carbocycles. The SMILES string of the molecule is C[C@@H]1[C@@H]([Si](C)(C)O)[C@H](CC(=O)N(CCO)Cc2ccccc2)O[C@@]12C(=O)N(Cc1cccc(N3C(=O)CCc4ccccc43)c1)c1ccc([N+](=O)[O-])cc12. The van der Waals surface area contributed by atoms with E-state index in [1.807, 2.05) is 85.8 Å². The first-order valence-electron chi connectivity index (χ1n) is 18.3. The Kier molecular flexibility index (Phi) is 10.0. The Labute approximate surface area is 314 Å². The number of ether oxygens (including phenoxy) is 1. The minimum Gasteiger partial charge on any atom is -0.432 e. The van der Waals surface area contributed by atoms with Gasteiger partial charge in [0.15, 0.2) is 13.9 Å². The first-order chi connectivity index (χ1) is 25.8. The van der Waals surface area contributed by atoms with Crippen LogP contribution in [-0.2, 0) is 44.2 Å². The summed E-state index contributed by atoms with van der Waals surface area (Å²) < 4.78 is 6.82. The van der Waals surface area contributed by atoms with Gasteiger partial charge < -0.3 is 24.4 Å². The zero-order valence-electron chi connectivity index (χ0n) is 30.6. The van der Waals surface area contributed by atoms with Crippen LogP contribution in [0.5, 0.6) is 0 Å². The Balaban J connectivity index is 1.24. The molecule has 3 aliphatic heterocycles. The number of anilines is 3. The number of non-ortho nitro benzene ring substituents is 1. The first kappa shape index (κ1) is 37.1. The number of aliphatic hydroxyl groups is 1. The van der Waals surface area contributed by atoms with E-state index in [2.05, 4.69) is 0 Å². The maximum Gasteiger partial charge on any atom is 0.269 e. The quantitative estimate of drug-likeness (QED) is 0.108. The summed E-state index contributed by atoms with van der Waals surface area (Å²) in [5.74, 6) is -1.44. The third-order valence-electron chi connectivity index (χ3n) is 11.1. The van der Waals surface area contributed by atoms with E-state index < -0.39 is 42.3 Å². The van der Waals surface area contributed by atoms with Crippen LogP contribution in [0.25, 0.3) is 0 Å². The molecule has 4 aromatic rings. The lowest BCUT2D eigenvalue weighted by Crippen LogP contribution is -2.46. The van der Waals surface area contributed by atoms with Crippen LogP contribution in [0.1, 0.15) is 42.0 Å². The van der Waals surface area contributed by atoms with E-state index in [4.69, 9.17) is 4.74 Å². The molecular formula is C41H44N4O8Si. The van der Waals surface area contributed by atoms with Crippen molar-refractivity contribution in [1.82, 2.24) is 4.90 Å². The topological polar surface area (TPSA) is 154 Å². The summed E-state index contributed by atoms with van der Waals surface area (Å²) in [6.45, 7) is 5.49. The Morgan fingerprint density at radius 2 is 1.69 bits per heavy atom. The van der Waals surface area contributed by atoms with E-state index >= 15 is 4.79 Å². The number of nitrogens with zero attached hydrogens (tertiary/aromatic N) is 4. The zero-order valence-corrected chi connectivity index (χ0v) is 31.6. The fourth-order valence-corrected chi connectivity index (χ4v) is 11.3. The number of aryl methyl sites for hydroxylation is 1. The zero-order chi connectivity index (χ0) is 38.4. The lowest BCUT2D eigenvalue weighted by Gasteiger charge is -2.32. The Hall–Kier alpha value is -5.21. The van der Waals surface area contributed by atoms with Crippen LogP contribution >= 0.6 is 0 Å². The number of hydrogen-bond acceptors (Lipinski definition) is 8. The molecule has 54 heavy (non-hydrogen) atoms. The number of carbonyl (C=O) groups is 3. The molecular weight excluding hydrogens is 705 g/mol. The number of carbonyl (C=O) groups excluding carboxylic acids is 3. The number of para-hydroxylation sites is 1. The van der Waals surface area contributed by atoms with Crippen LogP contribution in [0.2, 0.25) is 18.6 Å². The van der Waals surface area contributed by atoms with Gasteiger partial charge in [-0.2, -0.15) is 0 Å². The molecule has 0 aliphatic carbocycles. The number of fused-ring (bicyclic) bond motifs is 3. The molecule has 0 aromatic heterocycles. The second kappa shape index (κ2) is 14.6. The highest BCUT2D eigenvalue weighted by Gasteiger charge is 2.66. The molecule has 0 radical (unpaired) electrons. The summed E-state index contributed by atoms with van der Waals surface area (Å²) >= 11 is 0. The van der Waals surface area contributed by atoms with Gasteiger partial charge in [-0.25, -0.2) is 0 Å². The molecule has 13 heteroatoms. The maximum atomic E-state index is 15.0. The van der Waals surface area contributed by atoms with Gasteiger partial charge in [-0.3, -0.25) is 29.4 Å². The molecule has 4 atom stereocenters. The van der Waals surface area contributed by atoms with E-state index in [1.165, 1.54) is 17.0 Å². The predicted octanol–water partition coefficient (Wildman–Crippen LogP) is 5.96. The summed E-state index contributed by atoms with van der Waals surface area (Å²) in [7, 11) is -3.17. The van der Waals surface area contributed by atoms with Crippen molar-refractivity contribution in [2.24, 2.45) is 5.92 Å². The average Bonchev–Trinajstić information content (AvgIpc) is 3.57. The molecule has 3 aliphatic rings. The summed E-state index contributed by atoms with van der Waals surface area (Å²) in [4.78, 5) is 70.4. The summed E-state index contributed by atoms with van der Waals surface area (Å²) in [5, 5.41) is 21.9. The van der Waals surface area contributed by atoms with Crippen molar-refractivity contribution in [1.29, 1.82) is 0 Å². The summed E-state index contributed by atoms with van der Waals surface area (Å²) in [6.07, 6.45) is -0.0223. The van der Waals surface area contributed by atoms with E-state index in [1.54, 1.807) is 29.0 Å². The van der Waals surface area contributed by atoms with E-state index in [0.717, 1.165) is 22.4 Å². The van der Waals surface area contributed by atoms with Gasteiger partial charge >= 0.3 is 0 Å². The molecule has 1 spiro atoms. The van der Waals surface area contributed by atoms with Crippen molar-refractivity contribution in [3.8, 4) is 0 Å². The van der Waals surface area contributed by atoms with E-state index in [9.17, 15) is 29.6 Å². The number of benzene rings is 4. The number of nitro benzene ring substituents is 1. The molecule has 2 N–H and O–H groups in total. The predicted molar refractivity (Wildman–Crippen MR) is 205 cm³/mol. The highest BCUT2D eigenvalue weighted by molar-refractivity contribution is 6.71. The van der Waals surface area contributed by atoms with E-state index in [0.29, 0.717) is 29.8 Å². The van der Waals surface area contributed by atoms with Gasteiger partial charge in [0.25, 0.3) is 11.6 Å². The Morgan fingerprint density at radius 3 is 2.41 bits per heavy atom. The number of rotatable bonds is 11. The third-order valence-corrected chi connectivity index (χ3v) is 13.6. The first-order valence-corrected chi connectivity index (χ1v) is 21.3. The van der Waals surface area contributed by atoms with Crippen molar-refractivity contribution in [2.45, 2.75) is 69.6 Å². The molecule has 0 bridgehead atoms. The van der Waals surface area contributed by atoms with Crippen molar-refractivity contribution < 1.29 is 33.9 Å². The fourth-order valence-electron chi connectivity index (χ4n) is 8.74. The lowest BCUT2D eigenvalue weighted by atomic mass is 9.82. The second-order valence-corrected chi connectivity index (χ2v) is 18.9. The smallest absolute Gasteiger partial charge is 0.269 e. The van der Waals surface area contributed by atoms with Gasteiger partial charge in [-0.05, 0) is 60.5 Å². The summed E-state index contributed by atoms with van der Waals surface area (Å²) in [5.41, 5.74) is 2.39. The number of amides is 3. The van der Waals surface area contributed by atoms with Gasteiger partial charge in [0.2, 0.25) is 11.8 Å². The number of aliphatic hydroxyl groups excluding tert-OH is 1. The van der Waals surface area contributed by atoms with Crippen LogP contribution in [0, 0.1) is 16.0 Å². The van der Waals surface area contributed by atoms with Crippen LogP contribution in [0.4, 0.5) is 22.7 Å². The standard InChI is InChI=1S/C41H44N4O8Si/c1-27-39(54(2,3)52)36(24-38(48)42(20-21-46)25-28-10-5-4-6-11-28)53-41(27)33-23-32(45(50)51)17-18-35(33)43(40(41)49)26-29-12-9-14-31(22-29)44-34-15-8-7-13-30(34)16-19-37(44)47/h4-15,17-18,22-23,27,36,39,46,52H,16,19-21,24-26H2,1-3H3/t27-,36+,39-,41+/m1/s1. The van der Waals surface area contributed by atoms with Gasteiger partial charge in [0.1, 0.15) is 0 Å². The van der Waals surface area contributed by atoms with Crippen molar-refractivity contribution >= 4 is 48.8 Å². The number of nitro groups is 1. The molecule has 7 rings (SSSR count). The minimum atomic E-state index is -3.17. The Morgan fingerprint density at radius 1 is 0.963 bits per heavy atom. The van der Waals surface area contributed by atoms with Crippen LogP contribution in [-0.4, -0.2) is 65.0 Å². The van der Waals surface area contributed by atoms with Crippen LogP contribution in [0.15, 0.2) is 97.1 Å². The molecule has 3 heterocycles. The largest absolute Gasteiger partial charge is 0.432 e. The van der Waals surface area contributed by atoms with Crippen molar-refractivity contribution in [3.05, 3.63) is 129 Å². The third kappa shape index (κ3) is 6.61. The van der Waals surface area contributed by atoms with E-state index in [-0.39, 0.29) is 50.2 Å². The highest BCUT2D eigenvalue weighted by atomic mass is 28.4. The fraction of sp³-hybridized carbons (Fsp3) is 0.341. The van der Waals surface area contributed by atoms with Gasteiger partial charge in [-0.15, -0.1) is 0 Å².